The van der Waals surface area contributed by atoms with E-state index in [9.17, 15) is 4.79 Å². The van der Waals surface area contributed by atoms with Crippen LogP contribution in [0.4, 0.5) is 0 Å². The Morgan fingerprint density at radius 3 is 2.37 bits per heavy atom. The van der Waals surface area contributed by atoms with Crippen LogP contribution in [0.1, 0.15) is 42.6 Å². The molecule has 1 aliphatic rings. The monoisotopic (exact) mass is 367 g/mol. The van der Waals surface area contributed by atoms with Gasteiger partial charge in [0.1, 0.15) is 5.75 Å². The van der Waals surface area contributed by atoms with Crippen molar-refractivity contribution in [2.75, 3.05) is 26.4 Å². The lowest BCUT2D eigenvalue weighted by atomic mass is 9.74. The Morgan fingerprint density at radius 1 is 1.07 bits per heavy atom. The molecule has 0 bridgehead atoms. The van der Waals surface area contributed by atoms with Crippen molar-refractivity contribution >= 4 is 5.91 Å². The lowest BCUT2D eigenvalue weighted by molar-refractivity contribution is 0.0487. The zero-order valence-electron chi connectivity index (χ0n) is 16.2. The van der Waals surface area contributed by atoms with Gasteiger partial charge in [0, 0.05) is 30.7 Å². The molecule has 0 unspecified atom stereocenters. The Bertz CT molecular complexity index is 719. The molecule has 4 heteroatoms. The largest absolute Gasteiger partial charge is 0.493 e. The summed E-state index contributed by atoms with van der Waals surface area (Å²) in [6, 6.07) is 17.8. The molecule has 0 aliphatic carbocycles. The van der Waals surface area contributed by atoms with Crippen LogP contribution in [-0.2, 0) is 10.2 Å². The fraction of sp³-hybridized carbons (Fsp3) is 0.435. The molecule has 3 rings (SSSR count). The van der Waals surface area contributed by atoms with E-state index in [1.807, 2.05) is 30.3 Å². The molecule has 144 valence electrons. The Hall–Kier alpha value is -2.33. The van der Waals surface area contributed by atoms with Gasteiger partial charge in [-0.1, -0.05) is 44.2 Å². The molecule has 0 radical (unpaired) electrons. The Balaban J connectivity index is 1.64. The van der Waals surface area contributed by atoms with Gasteiger partial charge < -0.3 is 14.8 Å². The second kappa shape index (κ2) is 9.05. The van der Waals surface area contributed by atoms with Crippen molar-refractivity contribution in [3.63, 3.8) is 0 Å². The van der Waals surface area contributed by atoms with E-state index in [1.54, 1.807) is 0 Å². The van der Waals surface area contributed by atoms with Crippen molar-refractivity contribution in [2.24, 2.45) is 5.92 Å². The summed E-state index contributed by atoms with van der Waals surface area (Å²) in [5.74, 6) is 1.22. The van der Waals surface area contributed by atoms with Gasteiger partial charge in [0.05, 0.1) is 6.61 Å². The maximum absolute atomic E-state index is 12.7. The van der Waals surface area contributed by atoms with Gasteiger partial charge >= 0.3 is 0 Å². The minimum absolute atomic E-state index is 0.0489. The van der Waals surface area contributed by atoms with Gasteiger partial charge in [0.25, 0.3) is 5.91 Å². The quantitative estimate of drug-likeness (QED) is 0.798. The number of nitrogens with one attached hydrogen (secondary N) is 1. The van der Waals surface area contributed by atoms with Crippen molar-refractivity contribution in [3.05, 3.63) is 65.7 Å². The number of hydrogen-bond acceptors (Lipinski definition) is 3. The lowest BCUT2D eigenvalue weighted by Gasteiger charge is -2.38. The molecule has 1 amide bonds. The van der Waals surface area contributed by atoms with Crippen molar-refractivity contribution in [2.45, 2.75) is 32.1 Å². The number of carbonyl (C=O) groups excluding carboxylic acids is 1. The normalized spacial score (nSPS) is 16.1. The number of amides is 1. The summed E-state index contributed by atoms with van der Waals surface area (Å²) in [6.45, 7) is 6.97. The molecule has 2 aromatic rings. The van der Waals surface area contributed by atoms with Crippen LogP contribution in [-0.4, -0.2) is 32.3 Å². The third-order valence-corrected chi connectivity index (χ3v) is 5.12. The van der Waals surface area contributed by atoms with E-state index in [2.05, 4.69) is 43.4 Å². The van der Waals surface area contributed by atoms with E-state index in [4.69, 9.17) is 9.47 Å². The number of rotatable bonds is 7. The number of carbonyl (C=O) groups is 1. The van der Waals surface area contributed by atoms with E-state index in [-0.39, 0.29) is 11.3 Å². The highest BCUT2D eigenvalue weighted by atomic mass is 16.5. The van der Waals surface area contributed by atoms with Crippen LogP contribution >= 0.6 is 0 Å². The number of benzene rings is 2. The molecule has 1 aliphatic heterocycles. The van der Waals surface area contributed by atoms with E-state index < -0.39 is 0 Å². The zero-order chi connectivity index (χ0) is 19.1. The van der Waals surface area contributed by atoms with Crippen molar-refractivity contribution in [3.8, 4) is 5.75 Å². The fourth-order valence-corrected chi connectivity index (χ4v) is 3.44. The average molecular weight is 367 g/mol. The molecule has 4 nitrogen and oxygen atoms in total. The Kier molecular flexibility index (Phi) is 6.51. The molecule has 0 saturated carbocycles. The van der Waals surface area contributed by atoms with Crippen LogP contribution in [0.3, 0.4) is 0 Å². The van der Waals surface area contributed by atoms with Crippen LogP contribution in [0.25, 0.3) is 0 Å². The van der Waals surface area contributed by atoms with Crippen LogP contribution in [0, 0.1) is 5.92 Å². The van der Waals surface area contributed by atoms with E-state index in [0.717, 1.165) is 31.8 Å². The summed E-state index contributed by atoms with van der Waals surface area (Å²) in [6.07, 6.45) is 1.83. The lowest BCUT2D eigenvalue weighted by Crippen LogP contribution is -2.44. The minimum Gasteiger partial charge on any atom is -0.493 e. The Labute approximate surface area is 161 Å². The third kappa shape index (κ3) is 5.10. The minimum atomic E-state index is -0.0600. The second-order valence-corrected chi connectivity index (χ2v) is 7.67. The number of hydrogen-bond donors (Lipinski definition) is 1. The van der Waals surface area contributed by atoms with Gasteiger partial charge in [-0.05, 0) is 48.6 Å². The first kappa shape index (κ1) is 19.4. The first-order valence-corrected chi connectivity index (χ1v) is 9.73. The van der Waals surface area contributed by atoms with Crippen LogP contribution < -0.4 is 10.1 Å². The maximum Gasteiger partial charge on any atom is 0.251 e. The van der Waals surface area contributed by atoms with Crippen molar-refractivity contribution in [1.29, 1.82) is 0 Å². The van der Waals surface area contributed by atoms with Crippen LogP contribution in [0.15, 0.2) is 54.6 Å². The maximum atomic E-state index is 12.7. The van der Waals surface area contributed by atoms with E-state index in [1.165, 1.54) is 5.56 Å². The molecule has 1 fully saturated rings. The molecule has 1 N–H and O–H groups in total. The predicted molar refractivity (Wildman–Crippen MR) is 107 cm³/mol. The molecule has 2 aromatic carbocycles. The first-order chi connectivity index (χ1) is 13.1. The third-order valence-electron chi connectivity index (χ3n) is 5.12. The smallest absolute Gasteiger partial charge is 0.251 e. The van der Waals surface area contributed by atoms with Gasteiger partial charge in [-0.25, -0.2) is 0 Å². The molecule has 27 heavy (non-hydrogen) atoms. The molecule has 0 atom stereocenters. The number of ether oxygens (including phenoxy) is 2. The van der Waals surface area contributed by atoms with Gasteiger partial charge in [-0.3, -0.25) is 4.79 Å². The predicted octanol–water partition coefficient (Wildman–Crippen LogP) is 4.20. The van der Waals surface area contributed by atoms with E-state index >= 15 is 0 Å². The average Bonchev–Trinajstić information content (AvgIpc) is 2.72. The summed E-state index contributed by atoms with van der Waals surface area (Å²) < 4.78 is 11.2. The van der Waals surface area contributed by atoms with Crippen molar-refractivity contribution < 1.29 is 14.3 Å². The SMILES string of the molecule is CC(C)COc1ccc(C(=O)NCC2(c3ccccc3)CCOCC2)cc1. The molecule has 0 spiro atoms. The molecular weight excluding hydrogens is 338 g/mol. The summed E-state index contributed by atoms with van der Waals surface area (Å²) in [5, 5.41) is 3.14. The van der Waals surface area contributed by atoms with E-state index in [0.29, 0.717) is 24.6 Å². The van der Waals surface area contributed by atoms with Crippen molar-refractivity contribution in [1.82, 2.24) is 5.32 Å². The zero-order valence-corrected chi connectivity index (χ0v) is 16.2. The van der Waals surface area contributed by atoms with Crippen LogP contribution in [0.2, 0.25) is 0 Å². The highest BCUT2D eigenvalue weighted by Gasteiger charge is 2.34. The van der Waals surface area contributed by atoms with Gasteiger partial charge in [0.2, 0.25) is 0 Å². The summed E-state index contributed by atoms with van der Waals surface area (Å²) >= 11 is 0. The molecule has 1 heterocycles. The molecule has 0 aromatic heterocycles. The van der Waals surface area contributed by atoms with Gasteiger partial charge in [-0.2, -0.15) is 0 Å². The second-order valence-electron chi connectivity index (χ2n) is 7.67. The molecular formula is C23H29NO3. The summed E-state index contributed by atoms with van der Waals surface area (Å²) in [7, 11) is 0. The van der Waals surface area contributed by atoms with Crippen LogP contribution in [0.5, 0.6) is 5.75 Å². The first-order valence-electron chi connectivity index (χ1n) is 9.73. The summed E-state index contributed by atoms with van der Waals surface area (Å²) in [5.41, 5.74) is 1.86. The van der Waals surface area contributed by atoms with Gasteiger partial charge in [-0.15, -0.1) is 0 Å². The highest BCUT2D eigenvalue weighted by molar-refractivity contribution is 5.94. The standard InChI is InChI=1S/C23H29NO3/c1-18(2)16-27-21-10-8-19(9-11-21)22(25)24-17-23(12-14-26-15-13-23)20-6-4-3-5-7-20/h3-11,18H,12-17H2,1-2H3,(H,24,25). The van der Waals surface area contributed by atoms with Gasteiger partial charge in [0.15, 0.2) is 0 Å². The summed E-state index contributed by atoms with van der Waals surface area (Å²) in [4.78, 5) is 12.7. The Morgan fingerprint density at radius 2 is 1.74 bits per heavy atom. The highest BCUT2D eigenvalue weighted by Crippen LogP contribution is 2.34. The fourth-order valence-electron chi connectivity index (χ4n) is 3.44. The molecule has 1 saturated heterocycles. The topological polar surface area (TPSA) is 47.6 Å².